The van der Waals surface area contributed by atoms with E-state index in [9.17, 15) is 4.79 Å². The van der Waals surface area contributed by atoms with Crippen LogP contribution in [-0.4, -0.2) is 35.0 Å². The molecule has 1 aromatic carbocycles. The van der Waals surface area contributed by atoms with E-state index >= 15 is 0 Å². The summed E-state index contributed by atoms with van der Waals surface area (Å²) < 4.78 is 6.01. The number of H-pyrrole nitrogens is 1. The molecule has 1 N–H and O–H groups in total. The molecule has 0 unspecified atom stereocenters. The summed E-state index contributed by atoms with van der Waals surface area (Å²) >= 11 is 0. The van der Waals surface area contributed by atoms with Gasteiger partial charge < -0.3 is 14.6 Å². The van der Waals surface area contributed by atoms with Gasteiger partial charge in [0.2, 0.25) is 0 Å². The number of hydrogen-bond acceptors (Lipinski definition) is 2. The number of aromatic nitrogens is 1. The van der Waals surface area contributed by atoms with Crippen LogP contribution in [0.2, 0.25) is 0 Å². The molecule has 1 aliphatic heterocycles. The molecular formula is C18H22N2O2. The summed E-state index contributed by atoms with van der Waals surface area (Å²) in [6, 6.07) is 10.1. The molecule has 3 rings (SSSR count). The second kappa shape index (κ2) is 5.97. The molecule has 0 spiro atoms. The fraction of sp³-hybridized carbons (Fsp3) is 0.389. The highest BCUT2D eigenvalue weighted by Gasteiger charge is 2.32. The van der Waals surface area contributed by atoms with Gasteiger partial charge in [0.1, 0.15) is 11.8 Å². The van der Waals surface area contributed by atoms with Crippen molar-refractivity contribution in [1.29, 1.82) is 0 Å². The second-order valence-corrected chi connectivity index (χ2v) is 6.07. The van der Waals surface area contributed by atoms with Crippen molar-refractivity contribution in [3.8, 4) is 0 Å². The van der Waals surface area contributed by atoms with Crippen LogP contribution in [0.5, 0.6) is 0 Å². The quantitative estimate of drug-likeness (QED) is 0.925. The van der Waals surface area contributed by atoms with E-state index < -0.39 is 0 Å². The third-order valence-electron chi connectivity index (χ3n) is 4.30. The van der Waals surface area contributed by atoms with Crippen LogP contribution in [0.15, 0.2) is 36.5 Å². The van der Waals surface area contributed by atoms with Crippen molar-refractivity contribution < 1.29 is 9.53 Å². The summed E-state index contributed by atoms with van der Waals surface area (Å²) in [6.07, 6.45) is 1.72. The van der Waals surface area contributed by atoms with Gasteiger partial charge in [-0.1, -0.05) is 23.8 Å². The molecule has 1 saturated heterocycles. The van der Waals surface area contributed by atoms with E-state index in [0.717, 1.165) is 0 Å². The fourth-order valence-corrected chi connectivity index (χ4v) is 2.95. The standard InChI is InChI=1S/C18H22N2O2/c1-12-6-7-13(2)15(9-12)17-10-20(14(3)11-22-17)18(21)16-5-4-8-19-16/h4-9,14,17,19H,10-11H2,1-3H3/t14-,17-/m1/s1. The molecule has 0 saturated carbocycles. The number of nitrogens with zero attached hydrogens (tertiary/aromatic N) is 1. The van der Waals surface area contributed by atoms with Gasteiger partial charge in [-0.15, -0.1) is 0 Å². The number of morpholine rings is 1. The number of carbonyl (C=O) groups excluding carboxylic acids is 1. The molecule has 1 amide bonds. The number of amides is 1. The molecule has 2 aromatic rings. The third-order valence-corrected chi connectivity index (χ3v) is 4.30. The molecule has 2 atom stereocenters. The minimum atomic E-state index is -0.0602. The Hall–Kier alpha value is -2.07. The lowest BCUT2D eigenvalue weighted by Crippen LogP contribution is -2.48. The first-order chi connectivity index (χ1) is 10.6. The number of carbonyl (C=O) groups is 1. The predicted octanol–water partition coefficient (Wildman–Crippen LogP) is 3.23. The molecule has 0 aliphatic carbocycles. The number of nitrogens with one attached hydrogen (secondary N) is 1. The summed E-state index contributed by atoms with van der Waals surface area (Å²) in [6.45, 7) is 7.34. The Kier molecular flexibility index (Phi) is 4.03. The summed E-state index contributed by atoms with van der Waals surface area (Å²) in [5.41, 5.74) is 4.23. The second-order valence-electron chi connectivity index (χ2n) is 6.07. The van der Waals surface area contributed by atoms with Crippen molar-refractivity contribution in [3.63, 3.8) is 0 Å². The molecule has 1 fully saturated rings. The van der Waals surface area contributed by atoms with Gasteiger partial charge in [-0.2, -0.15) is 0 Å². The minimum absolute atomic E-state index is 0.0381. The lowest BCUT2D eigenvalue weighted by atomic mass is 9.98. The highest BCUT2D eigenvalue weighted by Crippen LogP contribution is 2.28. The Morgan fingerprint density at radius 2 is 2.14 bits per heavy atom. The smallest absolute Gasteiger partial charge is 0.270 e. The fourth-order valence-electron chi connectivity index (χ4n) is 2.95. The van der Waals surface area contributed by atoms with Crippen molar-refractivity contribution >= 4 is 5.91 Å². The number of hydrogen-bond donors (Lipinski definition) is 1. The maximum Gasteiger partial charge on any atom is 0.270 e. The third kappa shape index (κ3) is 2.79. The van der Waals surface area contributed by atoms with Gasteiger partial charge in [0.25, 0.3) is 5.91 Å². The van der Waals surface area contributed by atoms with Gasteiger partial charge in [0.15, 0.2) is 0 Å². The van der Waals surface area contributed by atoms with Crippen molar-refractivity contribution in [2.24, 2.45) is 0 Å². The lowest BCUT2D eigenvalue weighted by molar-refractivity contribution is -0.0490. The first-order valence-corrected chi connectivity index (χ1v) is 7.69. The van der Waals surface area contributed by atoms with Crippen LogP contribution >= 0.6 is 0 Å². The Balaban J connectivity index is 1.84. The topological polar surface area (TPSA) is 45.3 Å². The average molecular weight is 298 g/mol. The molecule has 4 nitrogen and oxygen atoms in total. The van der Waals surface area contributed by atoms with Crippen molar-refractivity contribution in [1.82, 2.24) is 9.88 Å². The zero-order valence-corrected chi connectivity index (χ0v) is 13.3. The van der Waals surface area contributed by atoms with Crippen LogP contribution in [0.3, 0.4) is 0 Å². The zero-order valence-electron chi connectivity index (χ0n) is 13.3. The molecule has 116 valence electrons. The first-order valence-electron chi connectivity index (χ1n) is 7.69. The zero-order chi connectivity index (χ0) is 15.7. The number of aromatic amines is 1. The van der Waals surface area contributed by atoms with E-state index in [1.165, 1.54) is 16.7 Å². The average Bonchev–Trinajstić information content (AvgIpc) is 3.04. The molecular weight excluding hydrogens is 276 g/mol. The van der Waals surface area contributed by atoms with Gasteiger partial charge in [-0.3, -0.25) is 4.79 Å². The first kappa shape index (κ1) is 14.9. The van der Waals surface area contributed by atoms with Gasteiger partial charge >= 0.3 is 0 Å². The Bertz CT molecular complexity index is 664. The van der Waals surface area contributed by atoms with Crippen LogP contribution < -0.4 is 0 Å². The monoisotopic (exact) mass is 298 g/mol. The van der Waals surface area contributed by atoms with Crippen LogP contribution in [-0.2, 0) is 4.74 Å². The van der Waals surface area contributed by atoms with E-state index in [1.54, 1.807) is 6.20 Å². The molecule has 1 aliphatic rings. The highest BCUT2D eigenvalue weighted by molar-refractivity contribution is 5.92. The SMILES string of the molecule is Cc1ccc(C)c([C@H]2CN(C(=O)c3ccc[nH]3)[C@H](C)CO2)c1. The van der Waals surface area contributed by atoms with Gasteiger partial charge in [-0.25, -0.2) is 0 Å². The van der Waals surface area contributed by atoms with Crippen molar-refractivity contribution in [2.45, 2.75) is 32.9 Å². The van der Waals surface area contributed by atoms with Crippen LogP contribution in [0.4, 0.5) is 0 Å². The maximum absolute atomic E-state index is 12.6. The van der Waals surface area contributed by atoms with Crippen LogP contribution in [0.1, 0.15) is 40.2 Å². The highest BCUT2D eigenvalue weighted by atomic mass is 16.5. The summed E-state index contributed by atoms with van der Waals surface area (Å²) in [5.74, 6) is 0.0381. The number of ether oxygens (including phenoxy) is 1. The van der Waals surface area contributed by atoms with Crippen molar-refractivity contribution in [2.75, 3.05) is 13.2 Å². The molecule has 0 radical (unpaired) electrons. The summed E-state index contributed by atoms with van der Waals surface area (Å²) in [7, 11) is 0. The number of aryl methyl sites for hydroxylation is 2. The molecule has 2 heterocycles. The number of benzene rings is 1. The van der Waals surface area contributed by atoms with E-state index in [2.05, 4.69) is 37.0 Å². The Labute approximate surface area is 131 Å². The normalized spacial score (nSPS) is 21.9. The minimum Gasteiger partial charge on any atom is -0.370 e. The van der Waals surface area contributed by atoms with E-state index in [4.69, 9.17) is 4.74 Å². The van der Waals surface area contributed by atoms with Crippen LogP contribution in [0, 0.1) is 13.8 Å². The van der Waals surface area contributed by atoms with E-state index in [0.29, 0.717) is 18.8 Å². The number of rotatable bonds is 2. The van der Waals surface area contributed by atoms with E-state index in [1.807, 2.05) is 24.0 Å². The predicted molar refractivity (Wildman–Crippen MR) is 85.9 cm³/mol. The van der Waals surface area contributed by atoms with Gasteiger partial charge in [-0.05, 0) is 44.0 Å². The summed E-state index contributed by atoms with van der Waals surface area (Å²) in [4.78, 5) is 17.5. The largest absolute Gasteiger partial charge is 0.370 e. The molecule has 22 heavy (non-hydrogen) atoms. The molecule has 1 aromatic heterocycles. The van der Waals surface area contributed by atoms with Gasteiger partial charge in [0.05, 0.1) is 19.2 Å². The molecule has 0 bridgehead atoms. The Morgan fingerprint density at radius 1 is 1.32 bits per heavy atom. The van der Waals surface area contributed by atoms with E-state index in [-0.39, 0.29) is 18.1 Å². The van der Waals surface area contributed by atoms with Crippen LogP contribution in [0.25, 0.3) is 0 Å². The van der Waals surface area contributed by atoms with Gasteiger partial charge in [0, 0.05) is 6.20 Å². The molecule has 4 heteroatoms. The van der Waals surface area contributed by atoms with Crippen molar-refractivity contribution in [3.05, 3.63) is 58.9 Å². The maximum atomic E-state index is 12.6. The Morgan fingerprint density at radius 3 is 2.86 bits per heavy atom. The lowest BCUT2D eigenvalue weighted by Gasteiger charge is -2.38. The summed E-state index contributed by atoms with van der Waals surface area (Å²) in [5, 5.41) is 0.